The third kappa shape index (κ3) is 8.11. The number of rotatable bonds is 11. The minimum Gasteiger partial charge on any atom is -0.494 e. The van der Waals surface area contributed by atoms with Crippen molar-refractivity contribution in [2.45, 2.75) is 58.5 Å². The summed E-state index contributed by atoms with van der Waals surface area (Å²) in [5, 5.41) is 16.2. The van der Waals surface area contributed by atoms with Gasteiger partial charge in [0.25, 0.3) is 0 Å². The first-order valence-corrected chi connectivity index (χ1v) is 11.3. The Kier molecular flexibility index (Phi) is 10.9. The molecule has 0 radical (unpaired) electrons. The maximum Gasteiger partial charge on any atom is 0.191 e. The summed E-state index contributed by atoms with van der Waals surface area (Å²) in [5.74, 6) is 1.28. The highest BCUT2D eigenvalue weighted by Crippen LogP contribution is 2.20. The molecule has 1 saturated heterocycles. The van der Waals surface area contributed by atoms with Crippen molar-refractivity contribution in [1.29, 1.82) is 0 Å². The van der Waals surface area contributed by atoms with Gasteiger partial charge in [-0.25, -0.2) is 4.39 Å². The van der Waals surface area contributed by atoms with E-state index >= 15 is 0 Å². The van der Waals surface area contributed by atoms with Crippen LogP contribution in [0, 0.1) is 11.7 Å². The second-order valence-corrected chi connectivity index (χ2v) is 8.05. The van der Waals surface area contributed by atoms with Gasteiger partial charge in [0, 0.05) is 45.4 Å². The van der Waals surface area contributed by atoms with Gasteiger partial charge < -0.3 is 20.5 Å². The third-order valence-electron chi connectivity index (χ3n) is 5.64. The lowest BCUT2D eigenvalue weighted by molar-refractivity contribution is 0.198. The van der Waals surface area contributed by atoms with Crippen molar-refractivity contribution in [2.75, 3.05) is 39.9 Å². The molecule has 1 atom stereocenters. The number of nitrogens with zero attached hydrogens (tertiary/aromatic N) is 2. The van der Waals surface area contributed by atoms with E-state index in [4.69, 9.17) is 9.73 Å². The van der Waals surface area contributed by atoms with Gasteiger partial charge in [-0.1, -0.05) is 19.4 Å². The first-order chi connectivity index (χ1) is 14.6. The number of methoxy groups -OCH3 is 1. The highest BCUT2D eigenvalue weighted by atomic mass is 19.1. The molecule has 1 unspecified atom stereocenters. The van der Waals surface area contributed by atoms with E-state index in [9.17, 15) is 9.50 Å². The van der Waals surface area contributed by atoms with Crippen molar-refractivity contribution in [3.63, 3.8) is 0 Å². The van der Waals surface area contributed by atoms with E-state index in [1.807, 2.05) is 6.07 Å². The van der Waals surface area contributed by atoms with Gasteiger partial charge in [0.15, 0.2) is 17.5 Å². The molecule has 3 N–H and O–H groups in total. The minimum absolute atomic E-state index is 0.223. The van der Waals surface area contributed by atoms with E-state index in [0.29, 0.717) is 12.0 Å². The number of ether oxygens (including phenoxy) is 1. The number of hydrogen-bond donors (Lipinski definition) is 3. The van der Waals surface area contributed by atoms with E-state index < -0.39 is 0 Å². The summed E-state index contributed by atoms with van der Waals surface area (Å²) < 4.78 is 18.9. The Morgan fingerprint density at radius 1 is 1.30 bits per heavy atom. The predicted octanol–water partition coefficient (Wildman–Crippen LogP) is 3.15. The Labute approximate surface area is 180 Å². The van der Waals surface area contributed by atoms with Crippen LogP contribution in [0.1, 0.15) is 51.5 Å². The molecule has 1 aromatic carbocycles. The summed E-state index contributed by atoms with van der Waals surface area (Å²) in [6, 6.07) is 5.58. The van der Waals surface area contributed by atoms with Crippen molar-refractivity contribution in [1.82, 2.24) is 15.5 Å². The van der Waals surface area contributed by atoms with Gasteiger partial charge in [-0.2, -0.15) is 0 Å². The van der Waals surface area contributed by atoms with Crippen LogP contribution in [0.25, 0.3) is 0 Å². The number of halogens is 1. The molecule has 7 heteroatoms. The molecule has 1 heterocycles. The Morgan fingerprint density at radius 2 is 2.07 bits per heavy atom. The molecule has 0 aromatic heterocycles. The molecular formula is C23H39FN4O2. The van der Waals surface area contributed by atoms with Crippen LogP contribution in [0.3, 0.4) is 0 Å². The Bertz CT molecular complexity index is 642. The van der Waals surface area contributed by atoms with Crippen LogP contribution in [0.5, 0.6) is 5.75 Å². The number of aliphatic hydroxyl groups is 1. The van der Waals surface area contributed by atoms with Crippen LogP contribution in [-0.4, -0.2) is 61.9 Å². The zero-order chi connectivity index (χ0) is 21.8. The lowest BCUT2D eigenvalue weighted by Gasteiger charge is -2.33. The smallest absolute Gasteiger partial charge is 0.191 e. The second kappa shape index (κ2) is 13.4. The zero-order valence-corrected chi connectivity index (χ0v) is 18.8. The molecule has 1 aliphatic rings. The van der Waals surface area contributed by atoms with Crippen molar-refractivity contribution in [2.24, 2.45) is 10.9 Å². The molecule has 2 rings (SSSR count). The molecule has 6 nitrogen and oxygen atoms in total. The SMILES string of the molecule is CCCC(CCO)CN=C(NCC)NC1CCN(Cc2ccc(OC)c(F)c2)CC1. The Morgan fingerprint density at radius 3 is 2.67 bits per heavy atom. The maximum atomic E-state index is 13.9. The quantitative estimate of drug-likeness (QED) is 0.378. The van der Waals surface area contributed by atoms with E-state index in [-0.39, 0.29) is 18.2 Å². The Hall–Kier alpha value is -1.86. The monoisotopic (exact) mass is 422 g/mol. The molecule has 170 valence electrons. The van der Waals surface area contributed by atoms with Gasteiger partial charge in [-0.15, -0.1) is 0 Å². The largest absolute Gasteiger partial charge is 0.494 e. The van der Waals surface area contributed by atoms with Gasteiger partial charge >= 0.3 is 0 Å². The topological polar surface area (TPSA) is 69.1 Å². The van der Waals surface area contributed by atoms with Gasteiger partial charge in [-0.3, -0.25) is 9.89 Å². The Balaban J connectivity index is 1.83. The average molecular weight is 423 g/mol. The van der Waals surface area contributed by atoms with Crippen LogP contribution < -0.4 is 15.4 Å². The summed E-state index contributed by atoms with van der Waals surface area (Å²) in [6.45, 7) is 8.72. The molecular weight excluding hydrogens is 383 g/mol. The van der Waals surface area contributed by atoms with Crippen LogP contribution in [-0.2, 0) is 6.54 Å². The van der Waals surface area contributed by atoms with Gasteiger partial charge in [0.2, 0.25) is 0 Å². The fraction of sp³-hybridized carbons (Fsp3) is 0.696. The third-order valence-corrected chi connectivity index (χ3v) is 5.64. The fourth-order valence-electron chi connectivity index (χ4n) is 3.95. The van der Waals surface area contributed by atoms with Gasteiger partial charge in [-0.05, 0) is 56.2 Å². The summed E-state index contributed by atoms with van der Waals surface area (Å²) in [5.41, 5.74) is 0.973. The number of hydrogen-bond acceptors (Lipinski definition) is 4. The molecule has 1 aromatic rings. The molecule has 30 heavy (non-hydrogen) atoms. The first-order valence-electron chi connectivity index (χ1n) is 11.3. The summed E-state index contributed by atoms with van der Waals surface area (Å²) in [7, 11) is 1.48. The number of benzene rings is 1. The van der Waals surface area contributed by atoms with E-state index in [1.54, 1.807) is 12.1 Å². The van der Waals surface area contributed by atoms with Crippen molar-refractivity contribution >= 4 is 5.96 Å². The molecule has 0 bridgehead atoms. The molecule has 1 aliphatic heterocycles. The average Bonchev–Trinajstić information content (AvgIpc) is 2.74. The zero-order valence-electron chi connectivity index (χ0n) is 18.8. The fourth-order valence-corrected chi connectivity index (χ4v) is 3.95. The number of guanidine groups is 1. The summed E-state index contributed by atoms with van der Waals surface area (Å²) in [6.07, 6.45) is 5.06. The molecule has 0 spiro atoms. The number of nitrogens with one attached hydrogen (secondary N) is 2. The summed E-state index contributed by atoms with van der Waals surface area (Å²) >= 11 is 0. The van der Waals surface area contributed by atoms with E-state index in [0.717, 1.165) is 76.4 Å². The number of aliphatic hydroxyl groups excluding tert-OH is 1. The van der Waals surface area contributed by atoms with Crippen molar-refractivity contribution < 1.29 is 14.2 Å². The molecule has 1 fully saturated rings. The van der Waals surface area contributed by atoms with Crippen LogP contribution in [0.2, 0.25) is 0 Å². The maximum absolute atomic E-state index is 13.9. The lowest BCUT2D eigenvalue weighted by atomic mass is 10.0. The van der Waals surface area contributed by atoms with Crippen LogP contribution in [0.4, 0.5) is 4.39 Å². The van der Waals surface area contributed by atoms with Crippen LogP contribution in [0.15, 0.2) is 23.2 Å². The second-order valence-electron chi connectivity index (χ2n) is 8.05. The van der Waals surface area contributed by atoms with Gasteiger partial charge in [0.05, 0.1) is 7.11 Å². The van der Waals surface area contributed by atoms with E-state index in [1.165, 1.54) is 7.11 Å². The molecule has 0 aliphatic carbocycles. The van der Waals surface area contributed by atoms with E-state index in [2.05, 4.69) is 29.4 Å². The van der Waals surface area contributed by atoms with Crippen molar-refractivity contribution in [3.05, 3.63) is 29.6 Å². The number of piperidine rings is 1. The normalized spacial score (nSPS) is 17.0. The highest BCUT2D eigenvalue weighted by molar-refractivity contribution is 5.80. The lowest BCUT2D eigenvalue weighted by Crippen LogP contribution is -2.48. The number of likely N-dealkylation sites (tertiary alicyclic amines) is 1. The highest BCUT2D eigenvalue weighted by Gasteiger charge is 2.20. The van der Waals surface area contributed by atoms with Crippen LogP contribution >= 0.6 is 0 Å². The predicted molar refractivity (Wildman–Crippen MR) is 120 cm³/mol. The number of aliphatic imine (C=N–C) groups is 1. The summed E-state index contributed by atoms with van der Waals surface area (Å²) in [4.78, 5) is 7.14. The van der Waals surface area contributed by atoms with Gasteiger partial charge in [0.1, 0.15) is 0 Å². The molecule has 0 saturated carbocycles. The molecule has 0 amide bonds. The first kappa shape index (κ1) is 24.4. The minimum atomic E-state index is -0.305. The standard InChI is InChI=1S/C23H39FN4O2/c1-4-6-18(11-14-29)16-26-23(25-5-2)27-20-9-12-28(13-10-20)17-19-7-8-22(30-3)21(24)15-19/h7-8,15,18,20,29H,4-6,9-14,16-17H2,1-3H3,(H2,25,26,27). The van der Waals surface area contributed by atoms with Crippen molar-refractivity contribution in [3.8, 4) is 5.75 Å².